The molecule has 0 bridgehead atoms. The van der Waals surface area contributed by atoms with Gasteiger partial charge in [0, 0.05) is 23.9 Å². The summed E-state index contributed by atoms with van der Waals surface area (Å²) >= 11 is 0. The normalized spacial score (nSPS) is 14.4. The minimum Gasteiger partial charge on any atom is -0.481 e. The van der Waals surface area contributed by atoms with E-state index in [2.05, 4.69) is 30.4 Å². The van der Waals surface area contributed by atoms with Gasteiger partial charge in [-0.25, -0.2) is 0 Å². The lowest BCUT2D eigenvalue weighted by Crippen LogP contribution is -2.10. The van der Waals surface area contributed by atoms with Gasteiger partial charge in [0.05, 0.1) is 11.8 Å². The maximum absolute atomic E-state index is 12.9. The third-order valence-corrected chi connectivity index (χ3v) is 5.11. The molecular formula is C23H21NO4. The van der Waals surface area contributed by atoms with Crippen molar-refractivity contribution in [2.75, 3.05) is 11.9 Å². The second-order valence-corrected chi connectivity index (χ2v) is 7.05. The van der Waals surface area contributed by atoms with Crippen LogP contribution in [-0.2, 0) is 11.2 Å². The fourth-order valence-electron chi connectivity index (χ4n) is 3.59. The van der Waals surface area contributed by atoms with Crippen LogP contribution in [0.1, 0.15) is 35.3 Å². The first-order chi connectivity index (χ1) is 13.5. The van der Waals surface area contributed by atoms with Gasteiger partial charge in [-0.15, -0.1) is 0 Å². The largest absolute Gasteiger partial charge is 0.481 e. The molecule has 4 rings (SSSR count). The summed E-state index contributed by atoms with van der Waals surface area (Å²) in [6, 6.07) is 13.4. The van der Waals surface area contributed by atoms with Gasteiger partial charge in [-0.05, 0) is 54.7 Å². The first-order valence-electron chi connectivity index (χ1n) is 9.35. The van der Waals surface area contributed by atoms with Gasteiger partial charge in [-0.2, -0.15) is 0 Å². The summed E-state index contributed by atoms with van der Waals surface area (Å²) in [5.41, 5.74) is 5.34. The van der Waals surface area contributed by atoms with Crippen LogP contribution >= 0.6 is 0 Å². The van der Waals surface area contributed by atoms with E-state index in [4.69, 9.17) is 9.52 Å². The van der Waals surface area contributed by atoms with Gasteiger partial charge >= 0.3 is 5.97 Å². The van der Waals surface area contributed by atoms with Crippen LogP contribution in [0.25, 0.3) is 22.6 Å². The SMILES string of the molecule is Cc1ccccc1C=C1CCc2c1oc1cc(NCCC(=O)O)ccc1c2=O. The van der Waals surface area contributed by atoms with E-state index in [0.717, 1.165) is 28.8 Å². The number of carboxylic acid groups (broad SMARTS) is 1. The molecule has 0 saturated heterocycles. The average molecular weight is 375 g/mol. The molecule has 5 heteroatoms. The van der Waals surface area contributed by atoms with Gasteiger partial charge in [0.15, 0.2) is 5.43 Å². The second kappa shape index (κ2) is 7.35. The lowest BCUT2D eigenvalue weighted by atomic mass is 10.0. The second-order valence-electron chi connectivity index (χ2n) is 7.05. The Hall–Kier alpha value is -3.34. The standard InChI is InChI=1S/C23H21NO4/c1-14-4-2-3-5-15(14)12-16-6-8-19-22(27)18-9-7-17(24-11-10-21(25)26)13-20(18)28-23(16)19/h2-5,7,9,12-13,24H,6,8,10-11H2,1H3,(H,25,26). The summed E-state index contributed by atoms with van der Waals surface area (Å²) < 4.78 is 6.15. The van der Waals surface area contributed by atoms with E-state index in [1.807, 2.05) is 12.1 Å². The molecule has 142 valence electrons. The van der Waals surface area contributed by atoms with Gasteiger partial charge in [-0.3, -0.25) is 9.59 Å². The van der Waals surface area contributed by atoms with Crippen LogP contribution in [0.15, 0.2) is 51.7 Å². The van der Waals surface area contributed by atoms with E-state index < -0.39 is 5.97 Å². The average Bonchev–Trinajstić information content (AvgIpc) is 3.06. The molecule has 1 heterocycles. The van der Waals surface area contributed by atoms with Gasteiger partial charge in [0.1, 0.15) is 11.3 Å². The van der Waals surface area contributed by atoms with E-state index in [1.165, 1.54) is 5.56 Å². The topological polar surface area (TPSA) is 79.5 Å². The molecule has 0 aliphatic heterocycles. The molecule has 0 fully saturated rings. The van der Waals surface area contributed by atoms with Crippen molar-refractivity contribution in [2.45, 2.75) is 26.2 Å². The van der Waals surface area contributed by atoms with Crippen LogP contribution in [0.3, 0.4) is 0 Å². The highest BCUT2D eigenvalue weighted by molar-refractivity contribution is 5.88. The van der Waals surface area contributed by atoms with Crippen molar-refractivity contribution < 1.29 is 14.3 Å². The van der Waals surface area contributed by atoms with E-state index in [0.29, 0.717) is 29.7 Å². The van der Waals surface area contributed by atoms with Gasteiger partial charge < -0.3 is 14.8 Å². The number of hydrogen-bond acceptors (Lipinski definition) is 4. The van der Waals surface area contributed by atoms with Crippen LogP contribution in [0.5, 0.6) is 0 Å². The number of aryl methyl sites for hydroxylation is 1. The highest BCUT2D eigenvalue weighted by atomic mass is 16.4. The smallest absolute Gasteiger partial charge is 0.305 e. The Morgan fingerprint density at radius 2 is 2.04 bits per heavy atom. The molecule has 0 atom stereocenters. The predicted molar refractivity (Wildman–Crippen MR) is 111 cm³/mol. The summed E-state index contributed by atoms with van der Waals surface area (Å²) in [4.78, 5) is 23.6. The molecule has 1 aromatic heterocycles. The molecule has 0 unspecified atom stereocenters. The van der Waals surface area contributed by atoms with E-state index in [-0.39, 0.29) is 11.8 Å². The Kier molecular flexibility index (Phi) is 4.74. The Bertz CT molecular complexity index is 1160. The lowest BCUT2D eigenvalue weighted by molar-refractivity contribution is -0.136. The van der Waals surface area contributed by atoms with Gasteiger partial charge in [-0.1, -0.05) is 24.3 Å². The molecule has 0 saturated carbocycles. The van der Waals surface area contributed by atoms with Gasteiger partial charge in [0.25, 0.3) is 0 Å². The number of hydrogen-bond donors (Lipinski definition) is 2. The molecular weight excluding hydrogens is 354 g/mol. The number of carboxylic acids is 1. The lowest BCUT2D eigenvalue weighted by Gasteiger charge is -2.08. The van der Waals surface area contributed by atoms with Crippen molar-refractivity contribution in [3.63, 3.8) is 0 Å². The van der Waals surface area contributed by atoms with Crippen molar-refractivity contribution in [1.29, 1.82) is 0 Å². The van der Waals surface area contributed by atoms with Crippen molar-refractivity contribution in [1.82, 2.24) is 0 Å². The zero-order valence-electron chi connectivity index (χ0n) is 15.6. The Balaban J connectivity index is 1.74. The molecule has 0 radical (unpaired) electrons. The molecule has 2 aromatic carbocycles. The summed E-state index contributed by atoms with van der Waals surface area (Å²) in [6.45, 7) is 2.38. The monoisotopic (exact) mass is 375 g/mol. The molecule has 1 aliphatic rings. The molecule has 5 nitrogen and oxygen atoms in total. The van der Waals surface area contributed by atoms with Crippen molar-refractivity contribution in [3.05, 3.63) is 75.1 Å². The number of benzene rings is 2. The molecule has 1 aliphatic carbocycles. The van der Waals surface area contributed by atoms with Crippen LogP contribution in [-0.4, -0.2) is 17.6 Å². The van der Waals surface area contributed by atoms with Crippen molar-refractivity contribution in [2.24, 2.45) is 0 Å². The third-order valence-electron chi connectivity index (χ3n) is 5.11. The highest BCUT2D eigenvalue weighted by Gasteiger charge is 2.24. The number of carbonyl (C=O) groups is 1. The van der Waals surface area contributed by atoms with E-state index in [1.54, 1.807) is 18.2 Å². The maximum atomic E-state index is 12.9. The van der Waals surface area contributed by atoms with Crippen LogP contribution < -0.4 is 10.7 Å². The number of nitrogens with one attached hydrogen (secondary N) is 1. The van der Waals surface area contributed by atoms with Gasteiger partial charge in [0.2, 0.25) is 0 Å². The quantitative estimate of drug-likeness (QED) is 0.688. The summed E-state index contributed by atoms with van der Waals surface area (Å²) in [7, 11) is 0. The maximum Gasteiger partial charge on any atom is 0.305 e. The Morgan fingerprint density at radius 1 is 1.21 bits per heavy atom. The predicted octanol–water partition coefficient (Wildman–Crippen LogP) is 4.47. The fourth-order valence-corrected chi connectivity index (χ4v) is 3.59. The van der Waals surface area contributed by atoms with Crippen LogP contribution in [0.4, 0.5) is 5.69 Å². The number of rotatable bonds is 5. The number of anilines is 1. The van der Waals surface area contributed by atoms with Crippen molar-refractivity contribution >= 4 is 34.3 Å². The molecule has 28 heavy (non-hydrogen) atoms. The number of aliphatic carboxylic acids is 1. The van der Waals surface area contributed by atoms with Crippen LogP contribution in [0.2, 0.25) is 0 Å². The first kappa shape index (κ1) is 18.0. The van der Waals surface area contributed by atoms with E-state index in [9.17, 15) is 9.59 Å². The highest BCUT2D eigenvalue weighted by Crippen LogP contribution is 2.35. The fraction of sp³-hybridized carbons (Fsp3) is 0.217. The molecule has 0 spiro atoms. The minimum atomic E-state index is -0.858. The first-order valence-corrected chi connectivity index (χ1v) is 9.35. The van der Waals surface area contributed by atoms with Crippen molar-refractivity contribution in [3.8, 4) is 0 Å². The number of fused-ring (bicyclic) bond motifs is 2. The Labute approximate surface area is 162 Å². The number of allylic oxidation sites excluding steroid dienone is 1. The Morgan fingerprint density at radius 3 is 2.82 bits per heavy atom. The summed E-state index contributed by atoms with van der Waals surface area (Å²) in [6.07, 6.45) is 3.59. The summed E-state index contributed by atoms with van der Waals surface area (Å²) in [5.74, 6) is -0.188. The third kappa shape index (κ3) is 3.43. The molecule has 0 amide bonds. The van der Waals surface area contributed by atoms with E-state index >= 15 is 0 Å². The minimum absolute atomic E-state index is 0.0153. The molecule has 2 N–H and O–H groups in total. The zero-order chi connectivity index (χ0) is 19.7. The zero-order valence-corrected chi connectivity index (χ0v) is 15.6. The van der Waals surface area contributed by atoms with Crippen LogP contribution in [0, 0.1) is 6.92 Å². The summed E-state index contributed by atoms with van der Waals surface area (Å²) in [5, 5.41) is 12.4. The molecule has 3 aromatic rings.